The highest BCUT2D eigenvalue weighted by atomic mass is 16.5. The van der Waals surface area contributed by atoms with E-state index in [-0.39, 0.29) is 18.4 Å². The number of carboxylic acids is 1. The molecular formula is C17H19NO4. The van der Waals surface area contributed by atoms with Crippen LogP contribution in [0.4, 0.5) is 0 Å². The Morgan fingerprint density at radius 1 is 1.18 bits per heavy atom. The number of aromatic nitrogens is 1. The molecule has 1 aromatic carbocycles. The maximum atomic E-state index is 12.0. The standard InChI is InChI=1S/C17H19NO4/c1-2-11-22-14-7-3-12(4-8-14)15-9-5-13(17(21)18-15)6-10-16(19)20/h3-5,7-9H,2,6,10-11H2,1H3,(H,18,21)(H,19,20). The topological polar surface area (TPSA) is 79.4 Å². The molecule has 0 aliphatic heterocycles. The molecule has 0 saturated carbocycles. The number of hydrogen-bond acceptors (Lipinski definition) is 3. The first-order chi connectivity index (χ1) is 10.6. The molecule has 1 aromatic heterocycles. The molecule has 0 spiro atoms. The van der Waals surface area contributed by atoms with E-state index in [4.69, 9.17) is 9.84 Å². The third-order valence-electron chi connectivity index (χ3n) is 3.24. The lowest BCUT2D eigenvalue weighted by Gasteiger charge is -2.07. The fourth-order valence-corrected chi connectivity index (χ4v) is 2.06. The van der Waals surface area contributed by atoms with E-state index in [0.717, 1.165) is 17.7 Å². The van der Waals surface area contributed by atoms with Gasteiger partial charge in [0.25, 0.3) is 5.56 Å². The van der Waals surface area contributed by atoms with Crippen molar-refractivity contribution in [2.45, 2.75) is 26.2 Å². The first-order valence-electron chi connectivity index (χ1n) is 7.27. The molecule has 0 saturated heterocycles. The lowest BCUT2D eigenvalue weighted by molar-refractivity contribution is -0.136. The maximum Gasteiger partial charge on any atom is 0.303 e. The maximum absolute atomic E-state index is 12.0. The van der Waals surface area contributed by atoms with Gasteiger partial charge in [0.15, 0.2) is 0 Å². The Morgan fingerprint density at radius 3 is 2.50 bits per heavy atom. The quantitative estimate of drug-likeness (QED) is 0.824. The molecule has 22 heavy (non-hydrogen) atoms. The Balaban J connectivity index is 2.14. The lowest BCUT2D eigenvalue weighted by atomic mass is 10.1. The fraction of sp³-hybridized carbons (Fsp3) is 0.294. The van der Waals surface area contributed by atoms with E-state index in [1.165, 1.54) is 0 Å². The zero-order chi connectivity index (χ0) is 15.9. The van der Waals surface area contributed by atoms with E-state index in [1.807, 2.05) is 31.2 Å². The SMILES string of the molecule is CCCOc1ccc(-c2ccc(CCC(=O)O)c(=O)[nH]2)cc1. The van der Waals surface area contributed by atoms with Crippen molar-refractivity contribution in [3.8, 4) is 17.0 Å². The number of hydrogen-bond donors (Lipinski definition) is 2. The van der Waals surface area contributed by atoms with Crippen LogP contribution in [0.3, 0.4) is 0 Å². The number of carboxylic acid groups (broad SMARTS) is 1. The van der Waals surface area contributed by atoms with Crippen LogP contribution in [-0.2, 0) is 11.2 Å². The summed E-state index contributed by atoms with van der Waals surface area (Å²) in [4.78, 5) is 25.3. The van der Waals surface area contributed by atoms with Crippen LogP contribution in [0, 0.1) is 0 Å². The first-order valence-corrected chi connectivity index (χ1v) is 7.27. The summed E-state index contributed by atoms with van der Waals surface area (Å²) in [6.45, 7) is 2.72. The van der Waals surface area contributed by atoms with Crippen LogP contribution in [-0.4, -0.2) is 22.7 Å². The van der Waals surface area contributed by atoms with E-state index in [1.54, 1.807) is 12.1 Å². The third kappa shape index (κ3) is 4.22. The van der Waals surface area contributed by atoms with Gasteiger partial charge in [-0.3, -0.25) is 9.59 Å². The number of rotatable bonds is 7. The number of H-pyrrole nitrogens is 1. The number of ether oxygens (including phenoxy) is 1. The molecule has 0 amide bonds. The summed E-state index contributed by atoms with van der Waals surface area (Å²) in [5.74, 6) is -0.114. The van der Waals surface area contributed by atoms with Gasteiger partial charge in [0.2, 0.25) is 0 Å². The van der Waals surface area contributed by atoms with Crippen molar-refractivity contribution >= 4 is 5.97 Å². The molecule has 1 heterocycles. The molecule has 0 fully saturated rings. The van der Waals surface area contributed by atoms with Crippen LogP contribution in [0.5, 0.6) is 5.75 Å². The van der Waals surface area contributed by atoms with Gasteiger partial charge in [-0.1, -0.05) is 13.0 Å². The molecule has 2 rings (SSSR count). The zero-order valence-corrected chi connectivity index (χ0v) is 12.5. The van der Waals surface area contributed by atoms with Gasteiger partial charge in [-0.15, -0.1) is 0 Å². The Hall–Kier alpha value is -2.56. The molecule has 2 N–H and O–H groups in total. The first kappa shape index (κ1) is 15.8. The highest BCUT2D eigenvalue weighted by Crippen LogP contribution is 2.20. The van der Waals surface area contributed by atoms with Crippen molar-refractivity contribution in [3.63, 3.8) is 0 Å². The van der Waals surface area contributed by atoms with E-state index < -0.39 is 5.97 Å². The van der Waals surface area contributed by atoms with Crippen molar-refractivity contribution in [2.75, 3.05) is 6.61 Å². The number of aryl methyl sites for hydroxylation is 1. The summed E-state index contributed by atoms with van der Waals surface area (Å²) < 4.78 is 5.52. The number of pyridine rings is 1. The molecule has 2 aromatic rings. The molecule has 5 heteroatoms. The third-order valence-corrected chi connectivity index (χ3v) is 3.24. The molecule has 0 aliphatic carbocycles. The van der Waals surface area contributed by atoms with Gasteiger partial charge in [-0.2, -0.15) is 0 Å². The number of nitrogens with one attached hydrogen (secondary N) is 1. The van der Waals surface area contributed by atoms with E-state index in [9.17, 15) is 9.59 Å². The lowest BCUT2D eigenvalue weighted by Crippen LogP contribution is -2.14. The van der Waals surface area contributed by atoms with Gasteiger partial charge in [-0.25, -0.2) is 0 Å². The number of aromatic amines is 1. The second-order valence-corrected chi connectivity index (χ2v) is 4.99. The van der Waals surface area contributed by atoms with Gasteiger partial charge in [0, 0.05) is 17.7 Å². The van der Waals surface area contributed by atoms with E-state index in [2.05, 4.69) is 4.98 Å². The van der Waals surface area contributed by atoms with Gasteiger partial charge < -0.3 is 14.8 Å². The van der Waals surface area contributed by atoms with Crippen molar-refractivity contribution < 1.29 is 14.6 Å². The van der Waals surface area contributed by atoms with Gasteiger partial charge in [0.05, 0.1) is 6.61 Å². The Bertz CT molecular complexity index is 689. The summed E-state index contributed by atoms with van der Waals surface area (Å²) >= 11 is 0. The highest BCUT2D eigenvalue weighted by molar-refractivity contribution is 5.67. The average Bonchev–Trinajstić information content (AvgIpc) is 2.52. The summed E-state index contributed by atoms with van der Waals surface area (Å²) in [5.41, 5.74) is 1.82. The zero-order valence-electron chi connectivity index (χ0n) is 12.5. The normalized spacial score (nSPS) is 10.4. The van der Waals surface area contributed by atoms with Crippen molar-refractivity contribution in [3.05, 3.63) is 52.3 Å². The van der Waals surface area contributed by atoms with Crippen molar-refractivity contribution in [2.24, 2.45) is 0 Å². The predicted molar refractivity (Wildman–Crippen MR) is 84.2 cm³/mol. The second-order valence-electron chi connectivity index (χ2n) is 4.99. The van der Waals surface area contributed by atoms with Crippen LogP contribution >= 0.6 is 0 Å². The fourth-order valence-electron chi connectivity index (χ4n) is 2.06. The summed E-state index contributed by atoms with van der Waals surface area (Å²) in [7, 11) is 0. The van der Waals surface area contributed by atoms with Crippen molar-refractivity contribution in [1.82, 2.24) is 4.98 Å². The molecule has 0 unspecified atom stereocenters. The molecule has 0 atom stereocenters. The van der Waals surface area contributed by atoms with Crippen LogP contribution in [0.1, 0.15) is 25.3 Å². The Kier molecular flexibility index (Phi) is 5.36. The summed E-state index contributed by atoms with van der Waals surface area (Å²) in [6.07, 6.45) is 1.13. The number of benzene rings is 1. The number of aliphatic carboxylic acids is 1. The second kappa shape index (κ2) is 7.45. The molecule has 0 bridgehead atoms. The van der Waals surface area contributed by atoms with E-state index >= 15 is 0 Å². The average molecular weight is 301 g/mol. The minimum Gasteiger partial charge on any atom is -0.494 e. The molecule has 5 nitrogen and oxygen atoms in total. The summed E-state index contributed by atoms with van der Waals surface area (Å²) in [6, 6.07) is 11.0. The Labute approximate surface area is 128 Å². The van der Waals surface area contributed by atoms with Gasteiger partial charge in [0.1, 0.15) is 5.75 Å². The van der Waals surface area contributed by atoms with Crippen molar-refractivity contribution in [1.29, 1.82) is 0 Å². The smallest absolute Gasteiger partial charge is 0.303 e. The minimum atomic E-state index is -0.911. The predicted octanol–water partition coefficient (Wildman–Crippen LogP) is 2.85. The molecule has 0 aliphatic rings. The summed E-state index contributed by atoms with van der Waals surface area (Å²) in [5, 5.41) is 8.66. The van der Waals surface area contributed by atoms with Gasteiger partial charge >= 0.3 is 5.97 Å². The van der Waals surface area contributed by atoms with E-state index in [0.29, 0.717) is 17.9 Å². The number of carbonyl (C=O) groups is 1. The Morgan fingerprint density at radius 2 is 1.91 bits per heavy atom. The monoisotopic (exact) mass is 301 g/mol. The van der Waals surface area contributed by atoms with Crippen LogP contribution < -0.4 is 10.3 Å². The molecular weight excluding hydrogens is 282 g/mol. The largest absolute Gasteiger partial charge is 0.494 e. The van der Waals surface area contributed by atoms with Crippen LogP contribution in [0.25, 0.3) is 11.3 Å². The van der Waals surface area contributed by atoms with Gasteiger partial charge in [-0.05, 0) is 48.7 Å². The minimum absolute atomic E-state index is 0.0497. The highest BCUT2D eigenvalue weighted by Gasteiger charge is 2.06. The van der Waals surface area contributed by atoms with Crippen LogP contribution in [0.2, 0.25) is 0 Å². The molecule has 0 radical (unpaired) electrons. The molecule has 116 valence electrons. The van der Waals surface area contributed by atoms with Crippen LogP contribution in [0.15, 0.2) is 41.2 Å².